The van der Waals surface area contributed by atoms with E-state index in [1.165, 1.54) is 32.1 Å². The van der Waals surface area contributed by atoms with Gasteiger partial charge < -0.3 is 25.2 Å². The van der Waals surface area contributed by atoms with E-state index in [1.807, 2.05) is 0 Å². The highest BCUT2D eigenvalue weighted by atomic mass is 32.1. The number of nitrogens with one attached hydrogen (secondary N) is 2. The fraction of sp³-hybridized carbons (Fsp3) is 0.773. The van der Waals surface area contributed by atoms with Crippen LogP contribution in [-0.2, 0) is 4.74 Å². The van der Waals surface area contributed by atoms with Crippen molar-refractivity contribution in [3.8, 4) is 0 Å². The summed E-state index contributed by atoms with van der Waals surface area (Å²) in [6.07, 6.45) is 8.69. The first-order chi connectivity index (χ1) is 14.6. The van der Waals surface area contributed by atoms with Crippen LogP contribution in [0.3, 0.4) is 0 Å². The van der Waals surface area contributed by atoms with E-state index in [2.05, 4.69) is 40.3 Å². The van der Waals surface area contributed by atoms with Gasteiger partial charge in [0, 0.05) is 44.9 Å². The normalized spacial score (nSPS) is 27.2. The Kier molecular flexibility index (Phi) is 7.25. The fourth-order valence-electron chi connectivity index (χ4n) is 4.78. The standard InChI is InChI=1S/C22H36N6OS/c1-16-7-5-10-27(15-16)19-13-20(28-11-4-3-8-17(28)2)25-21(24-19)26-22(30)23-14-18-9-6-12-29-18/h13,16-18H,3-12,14-15H2,1-2H3,(H2,23,24,25,26,30)/t16-,17-,18+/m1/s1. The van der Waals surface area contributed by atoms with E-state index in [0.717, 1.165) is 57.3 Å². The minimum Gasteiger partial charge on any atom is -0.376 e. The van der Waals surface area contributed by atoms with Gasteiger partial charge >= 0.3 is 0 Å². The molecule has 1 aromatic rings. The van der Waals surface area contributed by atoms with Crippen molar-refractivity contribution in [3.63, 3.8) is 0 Å². The molecule has 4 rings (SSSR count). The number of ether oxygens (including phenoxy) is 1. The Morgan fingerprint density at radius 3 is 2.73 bits per heavy atom. The van der Waals surface area contributed by atoms with E-state index < -0.39 is 0 Å². The second kappa shape index (κ2) is 10.1. The van der Waals surface area contributed by atoms with Gasteiger partial charge in [0.2, 0.25) is 5.95 Å². The molecule has 1 aromatic heterocycles. The zero-order valence-electron chi connectivity index (χ0n) is 18.4. The number of aromatic nitrogens is 2. The number of nitrogens with zero attached hydrogens (tertiary/aromatic N) is 4. The van der Waals surface area contributed by atoms with Gasteiger partial charge in [0.05, 0.1) is 6.10 Å². The second-order valence-electron chi connectivity index (χ2n) is 9.11. The monoisotopic (exact) mass is 432 g/mol. The van der Waals surface area contributed by atoms with Gasteiger partial charge in [-0.1, -0.05) is 6.92 Å². The smallest absolute Gasteiger partial charge is 0.232 e. The molecule has 0 radical (unpaired) electrons. The van der Waals surface area contributed by atoms with Crippen LogP contribution in [0.25, 0.3) is 0 Å². The lowest BCUT2D eigenvalue weighted by Crippen LogP contribution is -2.39. The van der Waals surface area contributed by atoms with Gasteiger partial charge in [-0.25, -0.2) is 0 Å². The van der Waals surface area contributed by atoms with Crippen molar-refractivity contribution in [2.75, 3.05) is 47.9 Å². The van der Waals surface area contributed by atoms with E-state index in [-0.39, 0.29) is 6.10 Å². The van der Waals surface area contributed by atoms with Crippen LogP contribution in [0.2, 0.25) is 0 Å². The summed E-state index contributed by atoms with van der Waals surface area (Å²) in [6.45, 7) is 9.35. The van der Waals surface area contributed by atoms with Gasteiger partial charge in [-0.3, -0.25) is 0 Å². The van der Waals surface area contributed by atoms with Crippen LogP contribution < -0.4 is 20.4 Å². The van der Waals surface area contributed by atoms with Gasteiger partial charge in [-0.15, -0.1) is 0 Å². The molecule has 3 aliphatic heterocycles. The number of anilines is 3. The van der Waals surface area contributed by atoms with E-state index in [0.29, 0.717) is 23.0 Å². The van der Waals surface area contributed by atoms with Gasteiger partial charge in [-0.05, 0) is 70.0 Å². The van der Waals surface area contributed by atoms with Crippen LogP contribution >= 0.6 is 12.2 Å². The predicted octanol–water partition coefficient (Wildman–Crippen LogP) is 3.56. The summed E-state index contributed by atoms with van der Waals surface area (Å²) in [5.41, 5.74) is 0. The Balaban J connectivity index is 1.51. The third-order valence-corrected chi connectivity index (χ3v) is 6.76. The molecule has 7 nitrogen and oxygen atoms in total. The molecular weight excluding hydrogens is 396 g/mol. The van der Waals surface area contributed by atoms with E-state index in [1.54, 1.807) is 0 Å². The molecule has 0 amide bonds. The zero-order chi connectivity index (χ0) is 20.9. The summed E-state index contributed by atoms with van der Waals surface area (Å²) in [6, 6.07) is 2.67. The van der Waals surface area contributed by atoms with E-state index in [9.17, 15) is 0 Å². The molecular formula is C22H36N6OS. The summed E-state index contributed by atoms with van der Waals surface area (Å²) in [5, 5.41) is 7.08. The van der Waals surface area contributed by atoms with Crippen LogP contribution in [0, 0.1) is 5.92 Å². The van der Waals surface area contributed by atoms with Crippen LogP contribution in [0.4, 0.5) is 17.6 Å². The summed E-state index contributed by atoms with van der Waals surface area (Å²) >= 11 is 5.53. The van der Waals surface area contributed by atoms with Crippen molar-refractivity contribution < 1.29 is 4.74 Å². The highest BCUT2D eigenvalue weighted by Gasteiger charge is 2.24. The molecule has 0 spiro atoms. The molecule has 4 heterocycles. The van der Waals surface area contributed by atoms with Crippen LogP contribution in [0.1, 0.15) is 58.8 Å². The fourth-order valence-corrected chi connectivity index (χ4v) is 4.96. The molecule has 2 N–H and O–H groups in total. The Labute approximate surface area is 186 Å². The zero-order valence-corrected chi connectivity index (χ0v) is 19.2. The molecule has 3 saturated heterocycles. The lowest BCUT2D eigenvalue weighted by atomic mass is 10.0. The first kappa shape index (κ1) is 21.6. The highest BCUT2D eigenvalue weighted by molar-refractivity contribution is 7.80. The third-order valence-electron chi connectivity index (χ3n) is 6.52. The van der Waals surface area contributed by atoms with E-state index >= 15 is 0 Å². The molecule has 0 bridgehead atoms. The maximum Gasteiger partial charge on any atom is 0.232 e. The number of hydrogen-bond donors (Lipinski definition) is 2. The number of thiocarbonyl (C=S) groups is 1. The summed E-state index contributed by atoms with van der Waals surface area (Å²) in [7, 11) is 0. The minimum atomic E-state index is 0.247. The van der Waals surface area contributed by atoms with Gasteiger partial charge in [0.1, 0.15) is 11.6 Å². The largest absolute Gasteiger partial charge is 0.376 e. The summed E-state index contributed by atoms with van der Waals surface area (Å²) < 4.78 is 5.68. The van der Waals surface area contributed by atoms with Gasteiger partial charge in [0.15, 0.2) is 5.11 Å². The first-order valence-electron chi connectivity index (χ1n) is 11.7. The van der Waals surface area contributed by atoms with Gasteiger partial charge in [0.25, 0.3) is 0 Å². The Morgan fingerprint density at radius 2 is 1.97 bits per heavy atom. The van der Waals surface area contributed by atoms with Crippen molar-refractivity contribution in [1.29, 1.82) is 0 Å². The molecule has 0 aliphatic carbocycles. The third kappa shape index (κ3) is 5.52. The predicted molar refractivity (Wildman–Crippen MR) is 126 cm³/mol. The van der Waals surface area contributed by atoms with Crippen molar-refractivity contribution in [2.24, 2.45) is 5.92 Å². The van der Waals surface area contributed by atoms with Crippen molar-refractivity contribution in [2.45, 2.75) is 70.9 Å². The van der Waals surface area contributed by atoms with Crippen molar-refractivity contribution in [3.05, 3.63) is 6.07 Å². The van der Waals surface area contributed by atoms with Crippen molar-refractivity contribution in [1.82, 2.24) is 15.3 Å². The Hall–Kier alpha value is -1.67. The number of piperidine rings is 2. The van der Waals surface area contributed by atoms with E-state index in [4.69, 9.17) is 26.9 Å². The highest BCUT2D eigenvalue weighted by Crippen LogP contribution is 2.29. The molecule has 3 aliphatic rings. The molecule has 8 heteroatoms. The van der Waals surface area contributed by atoms with Crippen LogP contribution in [0.15, 0.2) is 6.07 Å². The molecule has 30 heavy (non-hydrogen) atoms. The quantitative estimate of drug-likeness (QED) is 0.685. The summed E-state index contributed by atoms with van der Waals surface area (Å²) in [5.74, 6) is 3.29. The van der Waals surface area contributed by atoms with Crippen molar-refractivity contribution >= 4 is 34.9 Å². The Morgan fingerprint density at radius 1 is 1.10 bits per heavy atom. The maximum atomic E-state index is 5.68. The minimum absolute atomic E-state index is 0.247. The molecule has 0 aromatic carbocycles. The van der Waals surface area contributed by atoms with Crippen LogP contribution in [0.5, 0.6) is 0 Å². The molecule has 3 atom stereocenters. The second-order valence-corrected chi connectivity index (χ2v) is 9.52. The first-order valence-corrected chi connectivity index (χ1v) is 12.1. The van der Waals surface area contributed by atoms with Gasteiger partial charge in [-0.2, -0.15) is 9.97 Å². The Bertz CT molecular complexity index is 726. The maximum absolute atomic E-state index is 5.68. The number of rotatable bonds is 5. The molecule has 3 fully saturated rings. The molecule has 0 unspecified atom stereocenters. The molecule has 166 valence electrons. The average molecular weight is 433 g/mol. The lowest BCUT2D eigenvalue weighted by Gasteiger charge is -2.36. The topological polar surface area (TPSA) is 65.5 Å². The summed E-state index contributed by atoms with van der Waals surface area (Å²) in [4.78, 5) is 14.5. The van der Waals surface area contributed by atoms with Crippen LogP contribution in [-0.4, -0.2) is 60.0 Å². The molecule has 0 saturated carbocycles. The number of hydrogen-bond acceptors (Lipinski definition) is 6. The lowest BCUT2D eigenvalue weighted by molar-refractivity contribution is 0.114. The SMILES string of the molecule is C[C@@H]1CCCN(c2cc(N3CCCC[C@H]3C)nc(NC(=S)NC[C@@H]3CCCO3)n2)C1. The average Bonchev–Trinajstić information content (AvgIpc) is 3.26.